The molecule has 0 spiro atoms. The van der Waals surface area contributed by atoms with Crippen LogP contribution in [0.1, 0.15) is 26.3 Å². The Morgan fingerprint density at radius 3 is 2.18 bits per heavy atom. The van der Waals surface area contributed by atoms with Crippen LogP contribution in [0.25, 0.3) is 0 Å². The second-order valence-corrected chi connectivity index (χ2v) is 2.51. The van der Waals surface area contributed by atoms with Crippen LogP contribution in [-0.2, 0) is 6.54 Å². The smallest absolute Gasteiger partial charge is 0.109 e. The Balaban J connectivity index is 0.000000461. The molecule has 0 aromatic carbocycles. The van der Waals surface area contributed by atoms with Crippen LogP contribution < -0.4 is 0 Å². The number of aromatic nitrogens is 1. The first kappa shape index (κ1) is 10.6. The summed E-state index contributed by atoms with van der Waals surface area (Å²) in [6.07, 6.45) is 2.04. The molecule has 0 bridgehead atoms. The van der Waals surface area contributed by atoms with Crippen molar-refractivity contribution < 1.29 is 0 Å². The molecule has 0 radical (unpaired) electrons. The van der Waals surface area contributed by atoms with Gasteiger partial charge in [-0.15, -0.1) is 0 Å². The van der Waals surface area contributed by atoms with E-state index in [1.165, 1.54) is 5.56 Å². The third kappa shape index (κ3) is 2.98. The lowest BCUT2D eigenvalue weighted by molar-refractivity contribution is 0.768. The number of hydrogen-bond acceptors (Lipinski definition) is 0. The second kappa shape index (κ2) is 5.25. The van der Waals surface area contributed by atoms with Crippen LogP contribution in [0.3, 0.4) is 0 Å². The molecule has 0 unspecified atom stereocenters. The molecule has 0 aliphatic heterocycles. The zero-order valence-electron chi connectivity index (χ0n) is 7.69. The van der Waals surface area contributed by atoms with Gasteiger partial charge in [-0.3, -0.25) is 0 Å². The molecule has 1 aromatic rings. The SMILES string of the molecule is CC.CCn1cc(C)cc1Cl. The van der Waals surface area contributed by atoms with Gasteiger partial charge < -0.3 is 4.57 Å². The minimum absolute atomic E-state index is 0.829. The zero-order valence-corrected chi connectivity index (χ0v) is 8.44. The Morgan fingerprint density at radius 1 is 1.45 bits per heavy atom. The highest BCUT2D eigenvalue weighted by atomic mass is 35.5. The van der Waals surface area contributed by atoms with E-state index in [-0.39, 0.29) is 0 Å². The van der Waals surface area contributed by atoms with Crippen molar-refractivity contribution in [3.05, 3.63) is 23.0 Å². The standard InChI is InChI=1S/C7H10ClN.C2H6/c1-3-9-5-6(2)4-7(9)8;1-2/h4-5H,3H2,1-2H3;1-2H3. The van der Waals surface area contributed by atoms with E-state index in [1.54, 1.807) is 0 Å². The van der Waals surface area contributed by atoms with Crippen molar-refractivity contribution in [1.29, 1.82) is 0 Å². The van der Waals surface area contributed by atoms with E-state index in [4.69, 9.17) is 11.6 Å². The fourth-order valence-electron chi connectivity index (χ4n) is 0.858. The molecule has 0 aliphatic rings. The lowest BCUT2D eigenvalue weighted by atomic mass is 10.4. The van der Waals surface area contributed by atoms with Gasteiger partial charge in [0.05, 0.1) is 0 Å². The van der Waals surface area contributed by atoms with Gasteiger partial charge in [0.1, 0.15) is 5.15 Å². The molecule has 1 heterocycles. The van der Waals surface area contributed by atoms with Crippen LogP contribution in [-0.4, -0.2) is 4.57 Å². The van der Waals surface area contributed by atoms with Crippen molar-refractivity contribution >= 4 is 11.6 Å². The summed E-state index contributed by atoms with van der Waals surface area (Å²) in [5, 5.41) is 0.829. The van der Waals surface area contributed by atoms with E-state index in [0.717, 1.165) is 11.7 Å². The second-order valence-electron chi connectivity index (χ2n) is 2.13. The highest BCUT2D eigenvalue weighted by Gasteiger charge is 1.95. The summed E-state index contributed by atoms with van der Waals surface area (Å²) in [4.78, 5) is 0. The van der Waals surface area contributed by atoms with Gasteiger partial charge in [0.25, 0.3) is 0 Å². The summed E-state index contributed by atoms with van der Waals surface area (Å²) < 4.78 is 2.01. The fourth-order valence-corrected chi connectivity index (χ4v) is 1.20. The molecular weight excluding hydrogens is 158 g/mol. The number of hydrogen-bond donors (Lipinski definition) is 0. The minimum atomic E-state index is 0.829. The molecular formula is C9H16ClN. The molecule has 1 rings (SSSR count). The summed E-state index contributed by atoms with van der Waals surface area (Å²) in [5.74, 6) is 0. The molecule has 0 saturated carbocycles. The third-order valence-electron chi connectivity index (χ3n) is 1.32. The molecule has 0 fully saturated rings. The van der Waals surface area contributed by atoms with Crippen LogP contribution in [0.5, 0.6) is 0 Å². The maximum atomic E-state index is 5.81. The van der Waals surface area contributed by atoms with Gasteiger partial charge in [-0.05, 0) is 25.5 Å². The van der Waals surface area contributed by atoms with Crippen LogP contribution in [0.2, 0.25) is 5.15 Å². The van der Waals surface area contributed by atoms with Gasteiger partial charge in [-0.1, -0.05) is 25.4 Å². The molecule has 1 nitrogen and oxygen atoms in total. The van der Waals surface area contributed by atoms with Gasteiger partial charge in [0.2, 0.25) is 0 Å². The molecule has 1 aromatic heterocycles. The van der Waals surface area contributed by atoms with Crippen LogP contribution in [0.4, 0.5) is 0 Å². The quantitative estimate of drug-likeness (QED) is 0.613. The monoisotopic (exact) mass is 173 g/mol. The summed E-state index contributed by atoms with van der Waals surface area (Å²) in [6.45, 7) is 9.07. The van der Waals surface area contributed by atoms with Crippen molar-refractivity contribution in [3.8, 4) is 0 Å². The molecule has 0 atom stereocenters. The van der Waals surface area contributed by atoms with Crippen LogP contribution >= 0.6 is 11.6 Å². The van der Waals surface area contributed by atoms with Gasteiger partial charge in [0.15, 0.2) is 0 Å². The first-order valence-corrected chi connectivity index (χ1v) is 4.44. The number of halogens is 1. The average Bonchev–Trinajstić information content (AvgIpc) is 2.33. The maximum absolute atomic E-state index is 5.81. The molecule has 2 heteroatoms. The van der Waals surface area contributed by atoms with E-state index in [1.807, 2.05) is 37.6 Å². The van der Waals surface area contributed by atoms with E-state index >= 15 is 0 Å². The molecule has 0 amide bonds. The van der Waals surface area contributed by atoms with Gasteiger partial charge in [-0.2, -0.15) is 0 Å². The highest BCUT2D eigenvalue weighted by Crippen LogP contribution is 2.12. The predicted octanol–water partition coefficient (Wildman–Crippen LogP) is 3.50. The lowest BCUT2D eigenvalue weighted by Gasteiger charge is -1.95. The number of nitrogens with zero attached hydrogens (tertiary/aromatic N) is 1. The van der Waals surface area contributed by atoms with E-state index < -0.39 is 0 Å². The van der Waals surface area contributed by atoms with Crippen molar-refractivity contribution in [2.24, 2.45) is 0 Å². The largest absolute Gasteiger partial charge is 0.339 e. The van der Waals surface area contributed by atoms with Crippen LogP contribution in [0.15, 0.2) is 12.3 Å². The Kier molecular flexibility index (Phi) is 5.05. The molecule has 0 aliphatic carbocycles. The van der Waals surface area contributed by atoms with Crippen molar-refractivity contribution in [1.82, 2.24) is 4.57 Å². The zero-order chi connectivity index (χ0) is 8.85. The maximum Gasteiger partial charge on any atom is 0.109 e. The van der Waals surface area contributed by atoms with E-state index in [2.05, 4.69) is 6.92 Å². The topological polar surface area (TPSA) is 4.93 Å². The Hall–Kier alpha value is -0.430. The number of rotatable bonds is 1. The summed E-state index contributed by atoms with van der Waals surface area (Å²) in [7, 11) is 0. The summed E-state index contributed by atoms with van der Waals surface area (Å²) >= 11 is 5.81. The lowest BCUT2D eigenvalue weighted by Crippen LogP contribution is -1.89. The molecule has 11 heavy (non-hydrogen) atoms. The average molecular weight is 174 g/mol. The Labute approximate surface area is 74.0 Å². The molecule has 0 N–H and O–H groups in total. The van der Waals surface area contributed by atoms with Gasteiger partial charge >= 0.3 is 0 Å². The Morgan fingerprint density at radius 2 is 2.00 bits per heavy atom. The summed E-state index contributed by atoms with van der Waals surface area (Å²) in [6, 6.07) is 1.96. The molecule has 64 valence electrons. The summed E-state index contributed by atoms with van der Waals surface area (Å²) in [5.41, 5.74) is 1.22. The van der Waals surface area contributed by atoms with Gasteiger partial charge in [0, 0.05) is 12.7 Å². The first-order chi connectivity index (χ1) is 5.24. The first-order valence-electron chi connectivity index (χ1n) is 4.06. The van der Waals surface area contributed by atoms with Crippen LogP contribution in [0, 0.1) is 6.92 Å². The van der Waals surface area contributed by atoms with E-state index in [0.29, 0.717) is 0 Å². The number of aryl methyl sites for hydroxylation is 2. The minimum Gasteiger partial charge on any atom is -0.339 e. The van der Waals surface area contributed by atoms with E-state index in [9.17, 15) is 0 Å². The van der Waals surface area contributed by atoms with Crippen molar-refractivity contribution in [2.45, 2.75) is 34.2 Å². The fraction of sp³-hybridized carbons (Fsp3) is 0.556. The van der Waals surface area contributed by atoms with Gasteiger partial charge in [-0.25, -0.2) is 0 Å². The highest BCUT2D eigenvalue weighted by molar-refractivity contribution is 6.29. The van der Waals surface area contributed by atoms with Crippen molar-refractivity contribution in [2.75, 3.05) is 0 Å². The van der Waals surface area contributed by atoms with Crippen molar-refractivity contribution in [3.63, 3.8) is 0 Å². The Bertz CT molecular complexity index is 203. The normalized spacial score (nSPS) is 8.82. The molecule has 0 saturated heterocycles. The predicted molar refractivity (Wildman–Crippen MR) is 51.2 cm³/mol. The third-order valence-corrected chi connectivity index (χ3v) is 1.65.